The molecule has 3 amide bonds. The van der Waals surface area contributed by atoms with Crippen molar-refractivity contribution in [1.29, 1.82) is 0 Å². The van der Waals surface area contributed by atoms with Crippen LogP contribution in [0.4, 0.5) is 0 Å². The fourth-order valence-corrected chi connectivity index (χ4v) is 2.68. The summed E-state index contributed by atoms with van der Waals surface area (Å²) in [5, 5.41) is 14.4. The van der Waals surface area contributed by atoms with Gasteiger partial charge in [0.15, 0.2) is 0 Å². The van der Waals surface area contributed by atoms with Gasteiger partial charge in [0.1, 0.15) is 12.1 Å². The molecule has 0 spiro atoms. The van der Waals surface area contributed by atoms with Crippen LogP contribution in [-0.4, -0.2) is 58.9 Å². The van der Waals surface area contributed by atoms with Gasteiger partial charge in [-0.1, -0.05) is 0 Å². The third-order valence-electron chi connectivity index (χ3n) is 3.87. The van der Waals surface area contributed by atoms with E-state index in [-0.39, 0.29) is 18.2 Å². The van der Waals surface area contributed by atoms with E-state index in [1.807, 2.05) is 0 Å². The van der Waals surface area contributed by atoms with Crippen LogP contribution in [0, 0.1) is 0 Å². The van der Waals surface area contributed by atoms with Gasteiger partial charge in [0.25, 0.3) is 0 Å². The zero-order valence-corrected chi connectivity index (χ0v) is 13.6. The molecule has 8 nitrogen and oxygen atoms in total. The molecule has 0 bridgehead atoms. The number of hydrogen-bond donors (Lipinski definition) is 3. The van der Waals surface area contributed by atoms with Crippen LogP contribution >= 0.6 is 0 Å². The smallest absolute Gasteiger partial charge is 0.326 e. The molecule has 2 unspecified atom stereocenters. The van der Waals surface area contributed by atoms with Crippen LogP contribution in [-0.2, 0) is 19.2 Å². The minimum absolute atomic E-state index is 0.126. The van der Waals surface area contributed by atoms with Crippen LogP contribution in [0.1, 0.15) is 46.0 Å². The first-order valence-electron chi connectivity index (χ1n) is 7.87. The van der Waals surface area contributed by atoms with Crippen LogP contribution in [0.5, 0.6) is 0 Å². The van der Waals surface area contributed by atoms with Crippen molar-refractivity contribution in [2.75, 3.05) is 13.1 Å². The number of nitrogens with zero attached hydrogens (tertiary/aromatic N) is 1. The summed E-state index contributed by atoms with van der Waals surface area (Å²) in [6.07, 6.45) is 2.79. The standard InChI is InChI=1S/C15H25N3O5/c1-10(19)16-8-4-3-6-12(15(22)23)17-14(21)13-7-5-9-18(13)11(2)20/h12-13H,3-9H2,1-2H3,(H,16,19)(H,17,21)(H,22,23). The molecule has 23 heavy (non-hydrogen) atoms. The number of nitrogens with one attached hydrogen (secondary N) is 2. The molecule has 0 radical (unpaired) electrons. The highest BCUT2D eigenvalue weighted by Gasteiger charge is 2.34. The Morgan fingerprint density at radius 2 is 1.91 bits per heavy atom. The summed E-state index contributed by atoms with van der Waals surface area (Å²) in [5.41, 5.74) is 0. The van der Waals surface area contributed by atoms with E-state index >= 15 is 0 Å². The first kappa shape index (κ1) is 18.9. The Hall–Kier alpha value is -2.12. The number of carbonyl (C=O) groups is 4. The third-order valence-corrected chi connectivity index (χ3v) is 3.87. The van der Waals surface area contributed by atoms with Crippen molar-refractivity contribution >= 4 is 23.7 Å². The lowest BCUT2D eigenvalue weighted by atomic mass is 10.1. The average molecular weight is 327 g/mol. The van der Waals surface area contributed by atoms with E-state index in [2.05, 4.69) is 10.6 Å². The van der Waals surface area contributed by atoms with Gasteiger partial charge in [-0.3, -0.25) is 14.4 Å². The van der Waals surface area contributed by atoms with Gasteiger partial charge in [-0.25, -0.2) is 4.79 Å². The van der Waals surface area contributed by atoms with Gasteiger partial charge >= 0.3 is 5.97 Å². The highest BCUT2D eigenvalue weighted by atomic mass is 16.4. The molecule has 8 heteroatoms. The summed E-state index contributed by atoms with van der Waals surface area (Å²) in [4.78, 5) is 47.2. The highest BCUT2D eigenvalue weighted by molar-refractivity contribution is 5.90. The van der Waals surface area contributed by atoms with E-state index in [0.717, 1.165) is 6.42 Å². The molecule has 1 aliphatic rings. The number of carbonyl (C=O) groups excluding carboxylic acids is 3. The summed E-state index contributed by atoms with van der Waals surface area (Å²) in [6.45, 7) is 3.84. The molecule has 1 rings (SSSR count). The van der Waals surface area contributed by atoms with E-state index in [0.29, 0.717) is 32.4 Å². The molecule has 0 aromatic heterocycles. The third kappa shape index (κ3) is 6.25. The van der Waals surface area contributed by atoms with Gasteiger partial charge in [-0.15, -0.1) is 0 Å². The van der Waals surface area contributed by atoms with Crippen molar-refractivity contribution in [1.82, 2.24) is 15.5 Å². The predicted molar refractivity (Wildman–Crippen MR) is 82.5 cm³/mol. The van der Waals surface area contributed by atoms with Gasteiger partial charge in [0.2, 0.25) is 17.7 Å². The van der Waals surface area contributed by atoms with Crippen molar-refractivity contribution in [3.8, 4) is 0 Å². The Kier molecular flexibility index (Phi) is 7.50. The predicted octanol–water partition coefficient (Wildman–Crippen LogP) is -0.127. The summed E-state index contributed by atoms with van der Waals surface area (Å²) in [5.74, 6) is -1.80. The molecule has 0 aliphatic carbocycles. The molecule has 130 valence electrons. The highest BCUT2D eigenvalue weighted by Crippen LogP contribution is 2.17. The Morgan fingerprint density at radius 1 is 1.22 bits per heavy atom. The second-order valence-electron chi connectivity index (χ2n) is 5.75. The molecule has 0 aromatic carbocycles. The Bertz CT molecular complexity index is 466. The van der Waals surface area contributed by atoms with Crippen LogP contribution < -0.4 is 10.6 Å². The number of rotatable bonds is 8. The van der Waals surface area contributed by atoms with Gasteiger partial charge in [-0.05, 0) is 32.1 Å². The molecule has 2 atom stereocenters. The minimum Gasteiger partial charge on any atom is -0.480 e. The monoisotopic (exact) mass is 327 g/mol. The summed E-state index contributed by atoms with van der Waals surface area (Å²) in [7, 11) is 0. The molecule has 3 N–H and O–H groups in total. The molecule has 1 heterocycles. The van der Waals surface area contributed by atoms with Crippen molar-refractivity contribution < 1.29 is 24.3 Å². The van der Waals surface area contributed by atoms with E-state index in [4.69, 9.17) is 0 Å². The maximum absolute atomic E-state index is 12.2. The van der Waals surface area contributed by atoms with Gasteiger partial charge in [0.05, 0.1) is 0 Å². The molecule has 1 saturated heterocycles. The zero-order valence-electron chi connectivity index (χ0n) is 13.6. The topological polar surface area (TPSA) is 116 Å². The Balaban J connectivity index is 2.45. The van der Waals surface area contributed by atoms with Gasteiger partial charge in [0, 0.05) is 26.9 Å². The van der Waals surface area contributed by atoms with Crippen LogP contribution in [0.2, 0.25) is 0 Å². The van der Waals surface area contributed by atoms with Gasteiger partial charge < -0.3 is 20.6 Å². The van der Waals surface area contributed by atoms with Crippen molar-refractivity contribution in [3.63, 3.8) is 0 Å². The summed E-state index contributed by atoms with van der Waals surface area (Å²) >= 11 is 0. The first-order chi connectivity index (χ1) is 10.8. The largest absolute Gasteiger partial charge is 0.480 e. The second kappa shape index (κ2) is 9.12. The van der Waals surface area contributed by atoms with Crippen molar-refractivity contribution in [2.24, 2.45) is 0 Å². The van der Waals surface area contributed by atoms with E-state index in [1.54, 1.807) is 0 Å². The lowest BCUT2D eigenvalue weighted by molar-refractivity contribution is -0.143. The average Bonchev–Trinajstić information content (AvgIpc) is 2.94. The fraction of sp³-hybridized carbons (Fsp3) is 0.733. The number of carboxylic acid groups (broad SMARTS) is 1. The molecule has 0 aromatic rings. The van der Waals surface area contributed by atoms with Crippen molar-refractivity contribution in [2.45, 2.75) is 58.0 Å². The number of aliphatic carboxylic acids is 1. The zero-order chi connectivity index (χ0) is 17.4. The number of carboxylic acids is 1. The summed E-state index contributed by atoms with van der Waals surface area (Å²) in [6, 6.07) is -1.55. The van der Waals surface area contributed by atoms with Crippen LogP contribution in [0.15, 0.2) is 0 Å². The summed E-state index contributed by atoms with van der Waals surface area (Å²) < 4.78 is 0. The number of unbranched alkanes of at least 4 members (excludes halogenated alkanes) is 1. The lowest BCUT2D eigenvalue weighted by Crippen LogP contribution is -2.50. The molecular formula is C15H25N3O5. The van der Waals surface area contributed by atoms with Crippen LogP contribution in [0.3, 0.4) is 0 Å². The van der Waals surface area contributed by atoms with E-state index < -0.39 is 24.0 Å². The van der Waals surface area contributed by atoms with Crippen LogP contribution in [0.25, 0.3) is 0 Å². The maximum Gasteiger partial charge on any atom is 0.326 e. The first-order valence-corrected chi connectivity index (χ1v) is 7.87. The van der Waals surface area contributed by atoms with E-state index in [1.165, 1.54) is 18.7 Å². The molecule has 1 aliphatic heterocycles. The molecule has 0 saturated carbocycles. The van der Waals surface area contributed by atoms with Gasteiger partial charge in [-0.2, -0.15) is 0 Å². The molecule has 1 fully saturated rings. The normalized spacial score (nSPS) is 18.3. The number of hydrogen-bond acceptors (Lipinski definition) is 4. The van der Waals surface area contributed by atoms with E-state index in [9.17, 15) is 24.3 Å². The minimum atomic E-state index is -1.09. The number of amides is 3. The second-order valence-corrected chi connectivity index (χ2v) is 5.75. The SMILES string of the molecule is CC(=O)NCCCCC(NC(=O)C1CCCN1C(C)=O)C(=O)O. The quantitative estimate of drug-likeness (QED) is 0.537. The molecular weight excluding hydrogens is 302 g/mol. The lowest BCUT2D eigenvalue weighted by Gasteiger charge is -2.24. The fourth-order valence-electron chi connectivity index (χ4n) is 2.68. The number of likely N-dealkylation sites (tertiary alicyclic amines) is 1. The maximum atomic E-state index is 12.2. The Morgan fingerprint density at radius 3 is 2.48 bits per heavy atom. The Labute approximate surface area is 135 Å². The van der Waals surface area contributed by atoms with Crippen molar-refractivity contribution in [3.05, 3.63) is 0 Å².